The van der Waals surface area contributed by atoms with Crippen LogP contribution in [0, 0.1) is 23.2 Å². The van der Waals surface area contributed by atoms with Gasteiger partial charge in [-0.1, -0.05) is 0 Å². The normalized spacial score (nSPS) is 33.5. The zero-order chi connectivity index (χ0) is 20.2. The second-order valence-corrected chi connectivity index (χ2v) is 9.50. The van der Waals surface area contributed by atoms with Crippen LogP contribution in [0.4, 0.5) is 13.2 Å². The fourth-order valence-electron chi connectivity index (χ4n) is 5.52. The molecule has 0 radical (unpaired) electrons. The summed E-state index contributed by atoms with van der Waals surface area (Å²) in [6.07, 6.45) is -0.311. The van der Waals surface area contributed by atoms with Crippen molar-refractivity contribution in [2.24, 2.45) is 23.2 Å². The van der Waals surface area contributed by atoms with Gasteiger partial charge in [0.1, 0.15) is 5.60 Å². The molecular formula is C19H26F3NO4. The molecule has 0 aromatic rings. The van der Waals surface area contributed by atoms with E-state index in [0.717, 1.165) is 19.3 Å². The summed E-state index contributed by atoms with van der Waals surface area (Å²) in [7, 11) is 0. The Morgan fingerprint density at radius 1 is 0.963 bits per heavy atom. The van der Waals surface area contributed by atoms with Gasteiger partial charge in [0, 0.05) is 5.41 Å². The predicted octanol–water partition coefficient (Wildman–Crippen LogP) is 3.16. The maximum Gasteiger partial charge on any atom is 0.471 e. The van der Waals surface area contributed by atoms with Crippen LogP contribution in [0.25, 0.3) is 0 Å². The molecule has 0 heterocycles. The molecule has 1 amide bonds. The van der Waals surface area contributed by atoms with Crippen molar-refractivity contribution >= 4 is 17.7 Å². The third-order valence-corrected chi connectivity index (χ3v) is 6.00. The van der Waals surface area contributed by atoms with E-state index in [1.165, 1.54) is 0 Å². The topological polar surface area (TPSA) is 72.5 Å². The molecule has 27 heavy (non-hydrogen) atoms. The summed E-state index contributed by atoms with van der Waals surface area (Å²) in [5, 5.41) is 1.62. The Morgan fingerprint density at radius 2 is 1.41 bits per heavy atom. The van der Waals surface area contributed by atoms with Crippen LogP contribution in [0.2, 0.25) is 0 Å². The van der Waals surface area contributed by atoms with Gasteiger partial charge in [-0.2, -0.15) is 13.2 Å². The van der Waals surface area contributed by atoms with Crippen LogP contribution < -0.4 is 5.32 Å². The van der Waals surface area contributed by atoms with Crippen molar-refractivity contribution in [3.63, 3.8) is 0 Å². The van der Waals surface area contributed by atoms with Crippen LogP contribution in [0.5, 0.6) is 0 Å². The standard InChI is InChI=1S/C19H26F3NO4/c1-17(2,3)27-15(25)13(23-16(26)19(20,21)22)14(24)18-7-10-4-11(8-18)6-12(5-10)9-18/h10-13H,4-9H2,1-3H3,(H,23,26). The van der Waals surface area contributed by atoms with Gasteiger partial charge < -0.3 is 10.1 Å². The minimum absolute atomic E-state index is 0.373. The third kappa shape index (κ3) is 4.14. The highest BCUT2D eigenvalue weighted by molar-refractivity contribution is 6.08. The van der Waals surface area contributed by atoms with Crippen LogP contribution >= 0.6 is 0 Å². The molecule has 4 bridgehead atoms. The molecule has 4 aliphatic carbocycles. The van der Waals surface area contributed by atoms with Crippen molar-refractivity contribution in [1.29, 1.82) is 0 Å². The lowest BCUT2D eigenvalue weighted by Gasteiger charge is -2.56. The highest BCUT2D eigenvalue weighted by Gasteiger charge is 2.57. The van der Waals surface area contributed by atoms with Gasteiger partial charge in [0.05, 0.1) is 0 Å². The SMILES string of the molecule is CC(C)(C)OC(=O)C(NC(=O)C(F)(F)F)C(=O)C12CC3CC(CC(C3)C1)C2. The Balaban J connectivity index is 1.86. The maximum atomic E-state index is 13.3. The first-order valence-electron chi connectivity index (χ1n) is 9.44. The monoisotopic (exact) mass is 389 g/mol. The summed E-state index contributed by atoms with van der Waals surface area (Å²) in [6.45, 7) is 4.67. The maximum absolute atomic E-state index is 13.3. The van der Waals surface area contributed by atoms with Gasteiger partial charge >= 0.3 is 18.1 Å². The van der Waals surface area contributed by atoms with Crippen LogP contribution in [-0.4, -0.2) is 35.5 Å². The van der Waals surface area contributed by atoms with Crippen molar-refractivity contribution in [3.05, 3.63) is 0 Å². The molecule has 5 nitrogen and oxygen atoms in total. The lowest BCUT2D eigenvalue weighted by Crippen LogP contribution is -2.60. The lowest BCUT2D eigenvalue weighted by atomic mass is 9.48. The van der Waals surface area contributed by atoms with Gasteiger partial charge in [0.25, 0.3) is 0 Å². The number of hydrogen-bond donors (Lipinski definition) is 1. The second kappa shape index (κ2) is 6.48. The van der Waals surface area contributed by atoms with E-state index in [-0.39, 0.29) is 0 Å². The highest BCUT2D eigenvalue weighted by Crippen LogP contribution is 2.60. The van der Waals surface area contributed by atoms with E-state index >= 15 is 0 Å². The molecule has 8 heteroatoms. The van der Waals surface area contributed by atoms with Crippen molar-refractivity contribution < 1.29 is 32.3 Å². The molecule has 4 rings (SSSR count). The van der Waals surface area contributed by atoms with Crippen LogP contribution in [0.15, 0.2) is 0 Å². The van der Waals surface area contributed by atoms with Gasteiger partial charge in [-0.05, 0) is 77.0 Å². The Labute approximate surface area is 156 Å². The number of ether oxygens (including phenoxy) is 1. The van der Waals surface area contributed by atoms with Crippen molar-refractivity contribution in [2.45, 2.75) is 77.1 Å². The Hall–Kier alpha value is -1.60. The first-order chi connectivity index (χ1) is 12.3. The molecule has 1 unspecified atom stereocenters. The number of nitrogens with one attached hydrogen (secondary N) is 1. The minimum Gasteiger partial charge on any atom is -0.458 e. The first-order valence-corrected chi connectivity index (χ1v) is 9.44. The smallest absolute Gasteiger partial charge is 0.458 e. The predicted molar refractivity (Wildman–Crippen MR) is 89.4 cm³/mol. The number of esters is 1. The first kappa shape index (κ1) is 20.1. The summed E-state index contributed by atoms with van der Waals surface area (Å²) in [5.74, 6) is -2.92. The summed E-state index contributed by atoms with van der Waals surface area (Å²) in [4.78, 5) is 37.3. The zero-order valence-corrected chi connectivity index (χ0v) is 15.8. The average Bonchev–Trinajstić information content (AvgIpc) is 2.47. The number of Topliss-reactive ketones (excluding diaryl/α,β-unsaturated/α-hetero) is 1. The van der Waals surface area contributed by atoms with E-state index in [0.29, 0.717) is 37.0 Å². The second-order valence-electron chi connectivity index (χ2n) is 9.50. The van der Waals surface area contributed by atoms with E-state index in [1.54, 1.807) is 26.1 Å². The van der Waals surface area contributed by atoms with Crippen LogP contribution in [0.1, 0.15) is 59.3 Å². The zero-order valence-electron chi connectivity index (χ0n) is 15.8. The Kier molecular flexibility index (Phi) is 4.84. The Bertz CT molecular complexity index is 615. The summed E-state index contributed by atoms with van der Waals surface area (Å²) >= 11 is 0. The highest BCUT2D eigenvalue weighted by atomic mass is 19.4. The fraction of sp³-hybridized carbons (Fsp3) is 0.842. The summed E-state index contributed by atoms with van der Waals surface area (Å²) in [6, 6.07) is -1.92. The fourth-order valence-corrected chi connectivity index (χ4v) is 5.52. The van der Waals surface area contributed by atoms with E-state index in [1.807, 2.05) is 0 Å². The number of halogens is 3. The Morgan fingerprint density at radius 3 is 1.78 bits per heavy atom. The molecule has 4 saturated carbocycles. The van der Waals surface area contributed by atoms with Gasteiger partial charge in [-0.15, -0.1) is 0 Å². The van der Waals surface area contributed by atoms with E-state index in [2.05, 4.69) is 0 Å². The van der Waals surface area contributed by atoms with Gasteiger partial charge in [-0.3, -0.25) is 9.59 Å². The molecule has 0 saturated heterocycles. The number of hydrogen-bond acceptors (Lipinski definition) is 4. The molecule has 152 valence electrons. The van der Waals surface area contributed by atoms with Gasteiger partial charge in [0.2, 0.25) is 0 Å². The molecule has 4 fully saturated rings. The van der Waals surface area contributed by atoms with Crippen molar-refractivity contribution in [2.75, 3.05) is 0 Å². The molecule has 0 aromatic carbocycles. The number of alkyl halides is 3. The average molecular weight is 389 g/mol. The molecule has 4 aliphatic rings. The molecule has 0 spiro atoms. The van der Waals surface area contributed by atoms with E-state index in [9.17, 15) is 27.6 Å². The quantitative estimate of drug-likeness (QED) is 0.592. The van der Waals surface area contributed by atoms with Crippen LogP contribution in [0.3, 0.4) is 0 Å². The number of ketones is 1. The van der Waals surface area contributed by atoms with Crippen LogP contribution in [-0.2, 0) is 19.1 Å². The van der Waals surface area contributed by atoms with E-state index in [4.69, 9.17) is 4.74 Å². The van der Waals surface area contributed by atoms with Gasteiger partial charge in [0.15, 0.2) is 11.8 Å². The molecule has 0 aliphatic heterocycles. The number of rotatable bonds is 4. The van der Waals surface area contributed by atoms with E-state index < -0.39 is 40.9 Å². The summed E-state index contributed by atoms with van der Waals surface area (Å²) in [5.41, 5.74) is -1.81. The number of carbonyl (C=O) groups is 3. The number of carbonyl (C=O) groups excluding carboxylic acids is 3. The van der Waals surface area contributed by atoms with Crippen molar-refractivity contribution in [3.8, 4) is 0 Å². The molecule has 1 N–H and O–H groups in total. The molecular weight excluding hydrogens is 363 g/mol. The molecule has 1 atom stereocenters. The minimum atomic E-state index is -5.18. The van der Waals surface area contributed by atoms with Crippen molar-refractivity contribution in [1.82, 2.24) is 5.32 Å². The lowest BCUT2D eigenvalue weighted by molar-refractivity contribution is -0.179. The number of amides is 1. The molecule has 0 aromatic heterocycles. The van der Waals surface area contributed by atoms with Gasteiger partial charge in [-0.25, -0.2) is 4.79 Å². The largest absolute Gasteiger partial charge is 0.471 e. The summed E-state index contributed by atoms with van der Waals surface area (Å²) < 4.78 is 43.4. The third-order valence-electron chi connectivity index (χ3n) is 6.00.